The van der Waals surface area contributed by atoms with E-state index >= 15 is 0 Å². The average molecular weight is 1180 g/mol. The van der Waals surface area contributed by atoms with Gasteiger partial charge in [-0.3, -0.25) is 0 Å². The number of anilines is 10. The second kappa shape index (κ2) is 39.1. The Morgan fingerprint density at radius 1 is 0.417 bits per heavy atom. The normalized spacial score (nSPS) is 10.0. The lowest BCUT2D eigenvalue weighted by molar-refractivity contribution is 1.18. The van der Waals surface area contributed by atoms with E-state index in [4.69, 9.17) is 6.42 Å². The van der Waals surface area contributed by atoms with Crippen molar-refractivity contribution in [3.8, 4) is 12.3 Å². The molecule has 0 amide bonds. The molecule has 0 spiro atoms. The van der Waals surface area contributed by atoms with Crippen molar-refractivity contribution < 1.29 is 0 Å². The molecule has 0 atom stereocenters. The topological polar surface area (TPSA) is 13.0 Å². The van der Waals surface area contributed by atoms with Gasteiger partial charge in [-0.1, -0.05) is 199 Å². The zero-order chi connectivity index (χ0) is 53.5. The number of nitrogens with zero attached hydrogens (tertiary/aromatic N) is 4. The number of terminal acetylenes is 1. The molecule has 4 nitrogen and oxygen atoms in total. The summed E-state index contributed by atoms with van der Waals surface area (Å²) < 4.78 is 0. The van der Waals surface area contributed by atoms with Crippen molar-refractivity contribution in [1.82, 2.24) is 0 Å². The van der Waals surface area contributed by atoms with Crippen LogP contribution in [0.3, 0.4) is 0 Å². The number of allylic oxidation sites excluding steroid dienone is 6. The van der Waals surface area contributed by atoms with Crippen molar-refractivity contribution >= 4 is 102 Å². The van der Waals surface area contributed by atoms with Crippen molar-refractivity contribution in [3.63, 3.8) is 0 Å². The summed E-state index contributed by atoms with van der Waals surface area (Å²) in [7, 11) is 0. The number of alkyl halides is 2. The van der Waals surface area contributed by atoms with Crippen LogP contribution in [0, 0.1) is 12.3 Å². The molecule has 0 saturated heterocycles. The third kappa shape index (κ3) is 18.6. The molecule has 0 fully saturated rings. The minimum Gasteiger partial charge on any atom is -0.311 e. The lowest BCUT2D eigenvalue weighted by Crippen LogP contribution is -2.16. The van der Waals surface area contributed by atoms with Crippen LogP contribution < -0.4 is 19.6 Å². The Morgan fingerprint density at radius 2 is 0.667 bits per heavy atom. The van der Waals surface area contributed by atoms with E-state index in [1.54, 1.807) is 0 Å². The summed E-state index contributed by atoms with van der Waals surface area (Å²) in [6.07, 6.45) is 18.1. The highest BCUT2D eigenvalue weighted by molar-refractivity contribution is 14.1. The Bertz CT molecular complexity index is 2560. The first-order chi connectivity index (χ1) is 35.6. The van der Waals surface area contributed by atoms with E-state index in [2.05, 4.69) is 248 Å². The van der Waals surface area contributed by atoms with Gasteiger partial charge in [0, 0.05) is 74.7 Å². The highest BCUT2D eigenvalue weighted by Gasteiger charge is 2.19. The van der Waals surface area contributed by atoms with Crippen molar-refractivity contribution in [2.24, 2.45) is 0 Å². The van der Waals surface area contributed by atoms with Gasteiger partial charge in [0.1, 0.15) is 0 Å². The monoisotopic (exact) mass is 1180 g/mol. The minimum atomic E-state index is 0.496. The molecule has 7 aromatic rings. The first-order valence-corrected chi connectivity index (χ1v) is 29.1. The molecule has 0 radical (unpaired) electrons. The highest BCUT2D eigenvalue weighted by Crippen LogP contribution is 2.41. The van der Waals surface area contributed by atoms with E-state index < -0.39 is 0 Å². The lowest BCUT2D eigenvalue weighted by atomic mass is 10.1. The Labute approximate surface area is 464 Å². The van der Waals surface area contributed by atoms with Gasteiger partial charge in [0.2, 0.25) is 0 Å². The summed E-state index contributed by atoms with van der Waals surface area (Å²) in [6, 6.07) is 67.8. The fraction of sp³-hybridized carbons (Fsp3) is 0.182. The smallest absolute Gasteiger partial charge is 0.0463 e. The molecule has 0 aliphatic heterocycles. The van der Waals surface area contributed by atoms with E-state index in [0.717, 1.165) is 68.3 Å². The SMILES string of the molecule is C#CC/C=C(\C=C)N(c1ccccc1)c1ccc(N(c2ccc(N(C(/C=C\C)=C/C=C)c3ccccc3)cc2)c2ccc(N(c3ccccc3)c3ccccc3)cc2)cc1.CC.CC.CC.CC.CI.CI. The molecule has 0 heterocycles. The summed E-state index contributed by atoms with van der Waals surface area (Å²) in [5.74, 6) is 2.74. The van der Waals surface area contributed by atoms with Gasteiger partial charge in [-0.15, -0.1) is 12.3 Å². The zero-order valence-electron chi connectivity index (χ0n) is 44.7. The molecule has 6 heteroatoms. The van der Waals surface area contributed by atoms with Gasteiger partial charge in [-0.05, 0) is 162 Å². The summed E-state index contributed by atoms with van der Waals surface area (Å²) in [5, 5.41) is 0. The van der Waals surface area contributed by atoms with Crippen LogP contribution >= 0.6 is 45.2 Å². The Morgan fingerprint density at radius 3 is 0.931 bits per heavy atom. The number of para-hydroxylation sites is 4. The first kappa shape index (κ1) is 63.5. The standard InChI is InChI=1S/C56H48N4.4C2H6.2CH3I/c1-5-9-24-45(8-4)57(47-25-14-10-15-26-47)51-33-35-54(36-34-51)60(55-41-37-52(38-42-55)58(46(22-6-2)23-7-3)48-27-16-11-17-28-48)56-43-39-53(40-44-56)59(49-29-18-12-19-30-49)50-31-20-13-21-32-50;6*1-2/h1,6-8,10-44H,2,4,9H2,3H3;4*1-2H3;2*1H3/b23-7-,45-24+,46-22+;;;;;;. The Hall–Kier alpha value is -6.54. The van der Waals surface area contributed by atoms with Crippen molar-refractivity contribution in [3.05, 3.63) is 255 Å². The van der Waals surface area contributed by atoms with E-state index in [0.29, 0.717) is 6.42 Å². The summed E-state index contributed by atoms with van der Waals surface area (Å²) >= 11 is 4.30. The molecule has 0 bridgehead atoms. The third-order valence-electron chi connectivity index (χ3n) is 9.94. The molecule has 7 aromatic carbocycles. The molecule has 0 saturated carbocycles. The number of hydrogen-bond donors (Lipinski definition) is 0. The molecule has 0 aliphatic carbocycles. The second-order valence-corrected chi connectivity index (χ2v) is 13.8. The van der Waals surface area contributed by atoms with Gasteiger partial charge in [-0.2, -0.15) is 0 Å². The maximum Gasteiger partial charge on any atom is 0.0463 e. The van der Waals surface area contributed by atoms with E-state index in [1.165, 1.54) is 0 Å². The quantitative estimate of drug-likeness (QED) is 0.0414. The third-order valence-corrected chi connectivity index (χ3v) is 9.94. The second-order valence-electron chi connectivity index (χ2n) is 13.8. The van der Waals surface area contributed by atoms with Crippen LogP contribution in [0.1, 0.15) is 68.7 Å². The van der Waals surface area contributed by atoms with Gasteiger partial charge in [0.25, 0.3) is 0 Å². The maximum absolute atomic E-state index is 5.69. The van der Waals surface area contributed by atoms with Gasteiger partial charge >= 0.3 is 0 Å². The van der Waals surface area contributed by atoms with Crippen LogP contribution in [0.2, 0.25) is 0 Å². The number of benzene rings is 7. The summed E-state index contributed by atoms with van der Waals surface area (Å²) in [6.45, 7) is 26.2. The molecule has 0 unspecified atom stereocenters. The van der Waals surface area contributed by atoms with Crippen LogP contribution in [0.5, 0.6) is 0 Å². The molecular formula is C66H78I2N4. The number of rotatable bonds is 16. The molecule has 0 aliphatic rings. The molecule has 7 rings (SSSR count). The maximum atomic E-state index is 5.69. The van der Waals surface area contributed by atoms with Crippen LogP contribution in [0.25, 0.3) is 0 Å². The molecule has 0 aromatic heterocycles. The van der Waals surface area contributed by atoms with Gasteiger partial charge in [0.15, 0.2) is 0 Å². The summed E-state index contributed by atoms with van der Waals surface area (Å²) in [5.41, 5.74) is 12.3. The van der Waals surface area contributed by atoms with Gasteiger partial charge in [0.05, 0.1) is 0 Å². The van der Waals surface area contributed by atoms with Crippen LogP contribution in [0.4, 0.5) is 56.9 Å². The van der Waals surface area contributed by atoms with Crippen molar-refractivity contribution in [1.29, 1.82) is 0 Å². The molecule has 72 heavy (non-hydrogen) atoms. The van der Waals surface area contributed by atoms with Gasteiger partial charge < -0.3 is 19.6 Å². The van der Waals surface area contributed by atoms with Crippen LogP contribution in [-0.4, -0.2) is 9.86 Å². The van der Waals surface area contributed by atoms with Crippen LogP contribution in [0.15, 0.2) is 255 Å². The highest BCUT2D eigenvalue weighted by atomic mass is 127. The van der Waals surface area contributed by atoms with Gasteiger partial charge in [-0.25, -0.2) is 0 Å². The first-order valence-electron chi connectivity index (χ1n) is 24.8. The fourth-order valence-corrected chi connectivity index (χ4v) is 7.27. The lowest BCUT2D eigenvalue weighted by Gasteiger charge is -2.30. The van der Waals surface area contributed by atoms with Crippen molar-refractivity contribution in [2.45, 2.75) is 68.7 Å². The largest absolute Gasteiger partial charge is 0.311 e. The molecular weight excluding hydrogens is 1100 g/mol. The number of halogens is 2. The van der Waals surface area contributed by atoms with Crippen LogP contribution in [-0.2, 0) is 0 Å². The van der Waals surface area contributed by atoms with E-state index in [1.807, 2.05) is 139 Å². The fourth-order valence-electron chi connectivity index (χ4n) is 7.27. The average Bonchev–Trinajstić information content (AvgIpc) is 3.48. The molecule has 0 N–H and O–H groups in total. The summed E-state index contributed by atoms with van der Waals surface area (Å²) in [4.78, 5) is 12.9. The Kier molecular flexibility index (Phi) is 34.5. The predicted octanol–water partition coefficient (Wildman–Crippen LogP) is 21.8. The molecule has 376 valence electrons. The minimum absolute atomic E-state index is 0.496. The Balaban J connectivity index is 0.00000201. The zero-order valence-corrected chi connectivity index (χ0v) is 49.0. The number of hydrogen-bond acceptors (Lipinski definition) is 4. The van der Waals surface area contributed by atoms with Crippen molar-refractivity contribution in [2.75, 3.05) is 29.5 Å². The van der Waals surface area contributed by atoms with E-state index in [-0.39, 0.29) is 0 Å². The van der Waals surface area contributed by atoms with E-state index in [9.17, 15) is 0 Å². The predicted molar refractivity (Wildman–Crippen MR) is 343 cm³/mol.